The van der Waals surface area contributed by atoms with Gasteiger partial charge in [0.1, 0.15) is 5.15 Å². The molecule has 0 spiro atoms. The van der Waals surface area contributed by atoms with E-state index in [4.69, 9.17) is 16.3 Å². The molecule has 1 aromatic carbocycles. The summed E-state index contributed by atoms with van der Waals surface area (Å²) in [5.41, 5.74) is 1.95. The molecule has 1 heterocycles. The smallest absolute Gasteiger partial charge is 0.342 e. The number of halogens is 1. The molecule has 5 nitrogen and oxygen atoms in total. The Morgan fingerprint density at radius 3 is 2.57 bits per heavy atom. The number of carbonyl (C=O) groups is 2. The van der Waals surface area contributed by atoms with Crippen molar-refractivity contribution in [2.24, 2.45) is 0 Å². The molecule has 1 aromatic heterocycles. The van der Waals surface area contributed by atoms with E-state index < -0.39 is 18.0 Å². The van der Waals surface area contributed by atoms with E-state index in [0.717, 1.165) is 6.42 Å². The van der Waals surface area contributed by atoms with Crippen LogP contribution >= 0.6 is 11.6 Å². The quantitative estimate of drug-likeness (QED) is 0.672. The first-order valence-corrected chi connectivity index (χ1v) is 7.60. The fraction of sp³-hybridized carbons (Fsp3) is 0.235. The van der Waals surface area contributed by atoms with Crippen molar-refractivity contribution in [1.29, 1.82) is 0 Å². The predicted molar refractivity (Wildman–Crippen MR) is 88.6 cm³/mol. The Morgan fingerprint density at radius 2 is 1.96 bits per heavy atom. The molecule has 2 rings (SSSR count). The molecule has 0 bridgehead atoms. The van der Waals surface area contributed by atoms with Gasteiger partial charge < -0.3 is 10.1 Å². The second-order valence-corrected chi connectivity index (χ2v) is 5.29. The summed E-state index contributed by atoms with van der Waals surface area (Å²) < 4.78 is 5.12. The summed E-state index contributed by atoms with van der Waals surface area (Å²) in [6.45, 7) is 3.55. The fourth-order valence-electron chi connectivity index (χ4n) is 1.88. The SMILES string of the molecule is CCc1ccc(NC(=O)[C@H](C)OC(=O)c2cccnc2Cl)cc1. The molecule has 2 aromatic rings. The van der Waals surface area contributed by atoms with Crippen molar-refractivity contribution in [2.45, 2.75) is 26.4 Å². The molecular formula is C17H17ClN2O3. The molecule has 1 atom stereocenters. The van der Waals surface area contributed by atoms with Crippen molar-refractivity contribution >= 4 is 29.2 Å². The molecule has 0 unspecified atom stereocenters. The van der Waals surface area contributed by atoms with Crippen LogP contribution in [0.1, 0.15) is 29.8 Å². The van der Waals surface area contributed by atoms with Crippen LogP contribution in [0.3, 0.4) is 0 Å². The lowest BCUT2D eigenvalue weighted by molar-refractivity contribution is -0.123. The average Bonchev–Trinajstić information content (AvgIpc) is 2.55. The highest BCUT2D eigenvalue weighted by Crippen LogP contribution is 2.15. The zero-order valence-electron chi connectivity index (χ0n) is 12.9. The number of nitrogens with zero attached hydrogens (tertiary/aromatic N) is 1. The highest BCUT2D eigenvalue weighted by Gasteiger charge is 2.20. The molecule has 0 aliphatic heterocycles. The van der Waals surface area contributed by atoms with Gasteiger partial charge in [0.05, 0.1) is 5.56 Å². The third-order valence-corrected chi connectivity index (χ3v) is 3.56. The molecule has 23 heavy (non-hydrogen) atoms. The molecule has 6 heteroatoms. The van der Waals surface area contributed by atoms with Crippen LogP contribution in [0.15, 0.2) is 42.6 Å². The van der Waals surface area contributed by atoms with E-state index in [1.54, 1.807) is 6.07 Å². The van der Waals surface area contributed by atoms with Crippen molar-refractivity contribution in [3.63, 3.8) is 0 Å². The lowest BCUT2D eigenvalue weighted by atomic mass is 10.1. The number of aryl methyl sites for hydroxylation is 1. The molecule has 120 valence electrons. The van der Waals surface area contributed by atoms with Gasteiger partial charge in [-0.15, -0.1) is 0 Å². The van der Waals surface area contributed by atoms with Crippen molar-refractivity contribution in [3.05, 3.63) is 58.9 Å². The molecule has 0 saturated heterocycles. The number of nitrogens with one attached hydrogen (secondary N) is 1. The number of carbonyl (C=O) groups excluding carboxylic acids is 2. The molecule has 1 amide bonds. The van der Waals surface area contributed by atoms with Crippen LogP contribution in [0.4, 0.5) is 5.69 Å². The van der Waals surface area contributed by atoms with Crippen LogP contribution in [-0.2, 0) is 16.0 Å². The number of pyridine rings is 1. The van der Waals surface area contributed by atoms with Gasteiger partial charge in [-0.1, -0.05) is 30.7 Å². The van der Waals surface area contributed by atoms with Gasteiger partial charge >= 0.3 is 5.97 Å². The number of amides is 1. The van der Waals surface area contributed by atoms with E-state index in [0.29, 0.717) is 5.69 Å². The average molecular weight is 333 g/mol. The Bertz CT molecular complexity index is 701. The minimum absolute atomic E-state index is 0.0419. The van der Waals surface area contributed by atoms with Crippen LogP contribution in [0.5, 0.6) is 0 Å². The number of aromatic nitrogens is 1. The van der Waals surface area contributed by atoms with Crippen LogP contribution in [0, 0.1) is 0 Å². The topological polar surface area (TPSA) is 68.3 Å². The monoisotopic (exact) mass is 332 g/mol. The summed E-state index contributed by atoms with van der Waals surface area (Å²) in [6.07, 6.45) is 1.44. The normalized spacial score (nSPS) is 11.6. The summed E-state index contributed by atoms with van der Waals surface area (Å²) in [5, 5.41) is 2.74. The van der Waals surface area contributed by atoms with Crippen molar-refractivity contribution in [2.75, 3.05) is 5.32 Å². The summed E-state index contributed by atoms with van der Waals surface area (Å²) in [6, 6.07) is 10.5. The largest absolute Gasteiger partial charge is 0.449 e. The van der Waals surface area contributed by atoms with E-state index in [1.807, 2.05) is 24.3 Å². The van der Waals surface area contributed by atoms with Crippen molar-refractivity contribution in [3.8, 4) is 0 Å². The summed E-state index contributed by atoms with van der Waals surface area (Å²) in [5.74, 6) is -1.10. The number of hydrogen-bond donors (Lipinski definition) is 1. The fourth-order valence-corrected chi connectivity index (χ4v) is 2.08. The molecule has 0 fully saturated rings. The Hall–Kier alpha value is -2.40. The van der Waals surface area contributed by atoms with E-state index in [1.165, 1.54) is 24.8 Å². The third-order valence-electron chi connectivity index (χ3n) is 3.26. The van der Waals surface area contributed by atoms with Crippen LogP contribution in [-0.4, -0.2) is 23.0 Å². The first kappa shape index (κ1) is 17.0. The molecule has 0 aliphatic carbocycles. The minimum atomic E-state index is -0.954. The maximum Gasteiger partial charge on any atom is 0.342 e. The Balaban J connectivity index is 1.96. The zero-order valence-corrected chi connectivity index (χ0v) is 13.6. The van der Waals surface area contributed by atoms with E-state index >= 15 is 0 Å². The molecular weight excluding hydrogens is 316 g/mol. The Kier molecular flexibility index (Phi) is 5.71. The van der Waals surface area contributed by atoms with Crippen molar-refractivity contribution < 1.29 is 14.3 Å². The number of rotatable bonds is 5. The van der Waals surface area contributed by atoms with Gasteiger partial charge in [-0.05, 0) is 43.2 Å². The van der Waals surface area contributed by atoms with E-state index in [-0.39, 0.29) is 10.7 Å². The predicted octanol–water partition coefficient (Wildman–Crippen LogP) is 3.48. The lowest BCUT2D eigenvalue weighted by Crippen LogP contribution is -2.30. The number of hydrogen-bond acceptors (Lipinski definition) is 4. The van der Waals surface area contributed by atoms with Gasteiger partial charge in [-0.2, -0.15) is 0 Å². The van der Waals surface area contributed by atoms with Crippen LogP contribution in [0.25, 0.3) is 0 Å². The van der Waals surface area contributed by atoms with Gasteiger partial charge in [0.25, 0.3) is 5.91 Å². The highest BCUT2D eigenvalue weighted by molar-refractivity contribution is 6.32. The molecule has 1 N–H and O–H groups in total. The Morgan fingerprint density at radius 1 is 1.26 bits per heavy atom. The van der Waals surface area contributed by atoms with Crippen molar-refractivity contribution in [1.82, 2.24) is 4.98 Å². The van der Waals surface area contributed by atoms with Crippen LogP contribution < -0.4 is 5.32 Å². The molecule has 0 saturated carbocycles. The second-order valence-electron chi connectivity index (χ2n) is 4.93. The minimum Gasteiger partial charge on any atom is -0.449 e. The third kappa shape index (κ3) is 4.53. The van der Waals surface area contributed by atoms with E-state index in [9.17, 15) is 9.59 Å². The molecule has 0 radical (unpaired) electrons. The lowest BCUT2D eigenvalue weighted by Gasteiger charge is -2.14. The Labute approximate surface area is 139 Å². The summed E-state index contributed by atoms with van der Waals surface area (Å²) in [4.78, 5) is 27.9. The first-order valence-electron chi connectivity index (χ1n) is 7.22. The standard InChI is InChI=1S/C17H17ClN2O3/c1-3-12-6-8-13(9-7-12)20-16(21)11(2)23-17(22)14-5-4-10-19-15(14)18/h4-11H,3H2,1-2H3,(H,20,21)/t11-/m0/s1. The number of benzene rings is 1. The molecule has 0 aliphatic rings. The number of esters is 1. The van der Waals surface area contributed by atoms with Gasteiger partial charge in [-0.3, -0.25) is 4.79 Å². The second kappa shape index (κ2) is 7.74. The highest BCUT2D eigenvalue weighted by atomic mass is 35.5. The maximum absolute atomic E-state index is 12.1. The summed E-state index contributed by atoms with van der Waals surface area (Å²) >= 11 is 5.83. The first-order chi connectivity index (χ1) is 11.0. The van der Waals surface area contributed by atoms with Gasteiger partial charge in [0.15, 0.2) is 6.10 Å². The van der Waals surface area contributed by atoms with E-state index in [2.05, 4.69) is 17.2 Å². The maximum atomic E-state index is 12.1. The zero-order chi connectivity index (χ0) is 16.8. The summed E-state index contributed by atoms with van der Waals surface area (Å²) in [7, 11) is 0. The van der Waals surface area contributed by atoms with Gasteiger partial charge in [0.2, 0.25) is 0 Å². The van der Waals surface area contributed by atoms with Gasteiger partial charge in [-0.25, -0.2) is 9.78 Å². The van der Waals surface area contributed by atoms with Gasteiger partial charge in [0, 0.05) is 11.9 Å². The number of ether oxygens (including phenoxy) is 1. The van der Waals surface area contributed by atoms with Crippen LogP contribution in [0.2, 0.25) is 5.15 Å². The number of anilines is 1.